The van der Waals surface area contributed by atoms with Crippen LogP contribution < -0.4 is 0 Å². The van der Waals surface area contributed by atoms with Crippen molar-refractivity contribution in [3.63, 3.8) is 0 Å². The second kappa shape index (κ2) is 6.72. The van der Waals surface area contributed by atoms with Crippen LogP contribution in [0.3, 0.4) is 0 Å². The Bertz CT molecular complexity index is 175. The lowest BCUT2D eigenvalue weighted by Crippen LogP contribution is -2.32. The van der Waals surface area contributed by atoms with Crippen LogP contribution in [0.5, 0.6) is 0 Å². The average Bonchev–Trinajstić information content (AvgIpc) is 2.61. The molecule has 0 aromatic heterocycles. The maximum atomic E-state index is 6.06. The van der Waals surface area contributed by atoms with Crippen LogP contribution in [0, 0.1) is 5.41 Å². The van der Waals surface area contributed by atoms with E-state index in [1.165, 1.54) is 6.42 Å². The smallest absolute Gasteiger partial charge is 0.0616 e. The van der Waals surface area contributed by atoms with Crippen molar-refractivity contribution in [3.05, 3.63) is 0 Å². The molecule has 15 heavy (non-hydrogen) atoms. The summed E-state index contributed by atoms with van der Waals surface area (Å²) in [4.78, 5) is 0. The highest BCUT2D eigenvalue weighted by Gasteiger charge is 2.40. The zero-order valence-electron chi connectivity index (χ0n) is 9.93. The number of alkyl halides is 1. The van der Waals surface area contributed by atoms with Crippen molar-refractivity contribution in [3.8, 4) is 0 Å². The maximum Gasteiger partial charge on any atom is 0.0616 e. The first-order chi connectivity index (χ1) is 7.25. The first-order valence-electron chi connectivity index (χ1n) is 6.00. The van der Waals surface area contributed by atoms with E-state index in [-0.39, 0.29) is 11.5 Å². The van der Waals surface area contributed by atoms with Gasteiger partial charge < -0.3 is 9.47 Å². The van der Waals surface area contributed by atoms with Crippen molar-refractivity contribution in [1.82, 2.24) is 0 Å². The number of hydrogen-bond donors (Lipinski definition) is 0. The molecule has 3 heteroatoms. The van der Waals surface area contributed by atoms with Crippen LogP contribution in [0.15, 0.2) is 0 Å². The quantitative estimate of drug-likeness (QED) is 0.498. The molecule has 0 bridgehead atoms. The molecule has 1 saturated heterocycles. The molecule has 1 fully saturated rings. The Labute approximate surface area is 98.3 Å². The van der Waals surface area contributed by atoms with Gasteiger partial charge in [-0.15, -0.1) is 11.6 Å². The molecule has 0 amide bonds. The van der Waals surface area contributed by atoms with E-state index in [1.54, 1.807) is 0 Å². The van der Waals surface area contributed by atoms with E-state index >= 15 is 0 Å². The minimum atomic E-state index is 0.160. The van der Waals surface area contributed by atoms with Gasteiger partial charge >= 0.3 is 0 Å². The lowest BCUT2D eigenvalue weighted by molar-refractivity contribution is 0.0432. The number of unbranched alkanes of at least 4 members (excludes halogenated alkanes) is 1. The summed E-state index contributed by atoms with van der Waals surface area (Å²) in [5, 5.41) is 0. The van der Waals surface area contributed by atoms with E-state index in [0.717, 1.165) is 39.1 Å². The van der Waals surface area contributed by atoms with Crippen molar-refractivity contribution in [2.45, 2.75) is 45.6 Å². The molecule has 0 spiro atoms. The Morgan fingerprint density at radius 2 is 2.27 bits per heavy atom. The molecule has 0 saturated carbocycles. The van der Waals surface area contributed by atoms with E-state index < -0.39 is 0 Å². The molecular formula is C12H23ClO2. The van der Waals surface area contributed by atoms with Gasteiger partial charge in [0.25, 0.3) is 0 Å². The molecule has 1 aliphatic rings. The third-order valence-corrected chi connectivity index (χ3v) is 4.02. The molecule has 0 aromatic carbocycles. The molecule has 1 rings (SSSR count). The van der Waals surface area contributed by atoms with Crippen molar-refractivity contribution >= 4 is 11.6 Å². The Kier molecular flexibility index (Phi) is 5.95. The molecule has 0 radical (unpaired) electrons. The number of hydrogen-bond acceptors (Lipinski definition) is 2. The van der Waals surface area contributed by atoms with Crippen molar-refractivity contribution in [2.75, 3.05) is 25.7 Å². The molecule has 1 heterocycles. The molecule has 2 nitrogen and oxygen atoms in total. The summed E-state index contributed by atoms with van der Waals surface area (Å²) in [7, 11) is 0. The van der Waals surface area contributed by atoms with Gasteiger partial charge in [0.05, 0.1) is 6.10 Å². The largest absolute Gasteiger partial charge is 0.381 e. The van der Waals surface area contributed by atoms with Gasteiger partial charge in [0.15, 0.2) is 0 Å². The van der Waals surface area contributed by atoms with Crippen molar-refractivity contribution in [2.24, 2.45) is 5.41 Å². The van der Waals surface area contributed by atoms with E-state index in [4.69, 9.17) is 21.1 Å². The van der Waals surface area contributed by atoms with Crippen LogP contribution in [-0.2, 0) is 9.47 Å². The van der Waals surface area contributed by atoms with Crippen LogP contribution in [0.2, 0.25) is 0 Å². The minimum Gasteiger partial charge on any atom is -0.381 e. The fraction of sp³-hybridized carbons (Fsp3) is 1.00. The van der Waals surface area contributed by atoms with Gasteiger partial charge in [-0.25, -0.2) is 0 Å². The number of rotatable bonds is 7. The summed E-state index contributed by atoms with van der Waals surface area (Å²) in [6.45, 7) is 6.85. The van der Waals surface area contributed by atoms with Gasteiger partial charge in [0.1, 0.15) is 0 Å². The highest BCUT2D eigenvalue weighted by atomic mass is 35.5. The minimum absolute atomic E-state index is 0.160. The van der Waals surface area contributed by atoms with Gasteiger partial charge in [0, 0.05) is 31.1 Å². The first-order valence-corrected chi connectivity index (χ1v) is 6.54. The SMILES string of the molecule is CCCCOCCC1(CCl)CCOC1C. The molecule has 2 atom stereocenters. The molecule has 90 valence electrons. The number of halogens is 1. The third-order valence-electron chi connectivity index (χ3n) is 3.48. The van der Waals surface area contributed by atoms with E-state index in [9.17, 15) is 0 Å². The Morgan fingerprint density at radius 3 is 2.80 bits per heavy atom. The Morgan fingerprint density at radius 1 is 1.47 bits per heavy atom. The first kappa shape index (κ1) is 13.3. The molecular weight excluding hydrogens is 212 g/mol. The summed E-state index contributed by atoms with van der Waals surface area (Å²) < 4.78 is 11.2. The predicted octanol–water partition coefficient (Wildman–Crippen LogP) is 3.23. The fourth-order valence-electron chi connectivity index (χ4n) is 2.01. The standard InChI is InChI=1S/C12H23ClO2/c1-3-4-7-14-8-5-12(10-13)6-9-15-11(12)2/h11H,3-10H2,1-2H3. The van der Waals surface area contributed by atoms with Crippen LogP contribution in [-0.4, -0.2) is 31.8 Å². The Hall–Kier alpha value is 0.210. The van der Waals surface area contributed by atoms with E-state index in [2.05, 4.69) is 13.8 Å². The van der Waals surface area contributed by atoms with Gasteiger partial charge in [-0.05, 0) is 26.2 Å². The van der Waals surface area contributed by atoms with Crippen molar-refractivity contribution in [1.29, 1.82) is 0 Å². The third kappa shape index (κ3) is 3.61. The summed E-state index contributed by atoms with van der Waals surface area (Å²) in [5.74, 6) is 0.686. The predicted molar refractivity (Wildman–Crippen MR) is 63.5 cm³/mol. The highest BCUT2D eigenvalue weighted by Crippen LogP contribution is 2.39. The van der Waals surface area contributed by atoms with Gasteiger partial charge in [-0.1, -0.05) is 13.3 Å². The second-order valence-electron chi connectivity index (χ2n) is 4.47. The zero-order chi connectivity index (χ0) is 11.1. The molecule has 0 N–H and O–H groups in total. The van der Waals surface area contributed by atoms with Crippen LogP contribution >= 0.6 is 11.6 Å². The number of ether oxygens (including phenoxy) is 2. The van der Waals surface area contributed by atoms with Gasteiger partial charge in [0.2, 0.25) is 0 Å². The monoisotopic (exact) mass is 234 g/mol. The van der Waals surface area contributed by atoms with Crippen LogP contribution in [0.25, 0.3) is 0 Å². The van der Waals surface area contributed by atoms with Crippen LogP contribution in [0.1, 0.15) is 39.5 Å². The molecule has 0 aromatic rings. The lowest BCUT2D eigenvalue weighted by atomic mass is 9.81. The highest BCUT2D eigenvalue weighted by molar-refractivity contribution is 6.18. The van der Waals surface area contributed by atoms with Gasteiger partial charge in [-0.2, -0.15) is 0 Å². The lowest BCUT2D eigenvalue weighted by Gasteiger charge is -2.29. The molecule has 0 aliphatic carbocycles. The zero-order valence-corrected chi connectivity index (χ0v) is 10.7. The Balaban J connectivity index is 2.22. The second-order valence-corrected chi connectivity index (χ2v) is 4.74. The topological polar surface area (TPSA) is 18.5 Å². The summed E-state index contributed by atoms with van der Waals surface area (Å²) in [6, 6.07) is 0. The van der Waals surface area contributed by atoms with Gasteiger partial charge in [-0.3, -0.25) is 0 Å². The summed E-state index contributed by atoms with van der Waals surface area (Å²) in [6.07, 6.45) is 4.74. The maximum absolute atomic E-state index is 6.06. The van der Waals surface area contributed by atoms with E-state index in [1.807, 2.05) is 0 Å². The normalized spacial score (nSPS) is 31.0. The van der Waals surface area contributed by atoms with Crippen molar-refractivity contribution < 1.29 is 9.47 Å². The fourth-order valence-corrected chi connectivity index (χ4v) is 2.50. The molecule has 1 aliphatic heterocycles. The van der Waals surface area contributed by atoms with E-state index in [0.29, 0.717) is 5.88 Å². The summed E-state index contributed by atoms with van der Waals surface area (Å²) in [5.41, 5.74) is 0.160. The average molecular weight is 235 g/mol. The van der Waals surface area contributed by atoms with Crippen LogP contribution in [0.4, 0.5) is 0 Å². The molecule has 2 unspecified atom stereocenters. The summed E-state index contributed by atoms with van der Waals surface area (Å²) >= 11 is 6.06.